The number of allylic oxidation sites excluding steroid dienone is 1. The van der Waals surface area contributed by atoms with E-state index in [9.17, 15) is 13.8 Å². The molecule has 0 saturated carbocycles. The number of carbonyl (C=O) groups is 2. The summed E-state index contributed by atoms with van der Waals surface area (Å²) in [6.45, 7) is 8.75. The van der Waals surface area contributed by atoms with Crippen LogP contribution >= 0.6 is 11.3 Å². The molecule has 1 fully saturated rings. The molecule has 1 aliphatic heterocycles. The van der Waals surface area contributed by atoms with Crippen LogP contribution in [0, 0.1) is 6.92 Å². The molecule has 1 aromatic carbocycles. The van der Waals surface area contributed by atoms with E-state index in [0.717, 1.165) is 15.3 Å². The maximum absolute atomic E-state index is 12.8. The van der Waals surface area contributed by atoms with E-state index in [1.807, 2.05) is 19.1 Å². The van der Waals surface area contributed by atoms with Gasteiger partial charge in [-0.3, -0.25) is 13.8 Å². The van der Waals surface area contributed by atoms with Crippen molar-refractivity contribution in [3.8, 4) is 10.6 Å². The fourth-order valence-electron chi connectivity index (χ4n) is 2.87. The first-order valence-electron chi connectivity index (χ1n) is 7.99. The molecule has 0 radical (unpaired) electrons. The first kappa shape index (κ1) is 18.7. The number of thiazole rings is 1. The van der Waals surface area contributed by atoms with Gasteiger partial charge in [0.05, 0.1) is 5.69 Å². The Labute approximate surface area is 158 Å². The summed E-state index contributed by atoms with van der Waals surface area (Å²) in [5.41, 5.74) is 0.197. The van der Waals surface area contributed by atoms with Crippen LogP contribution in [0.15, 0.2) is 41.5 Å². The Morgan fingerprint density at radius 2 is 1.85 bits per heavy atom. The number of rotatable bonds is 3. The molecule has 26 heavy (non-hydrogen) atoms. The highest BCUT2D eigenvalue weighted by Crippen LogP contribution is 2.38. The molecule has 1 saturated heterocycles. The van der Waals surface area contributed by atoms with E-state index in [0.29, 0.717) is 10.7 Å². The highest BCUT2D eigenvalue weighted by atomic mass is 32.2. The number of hydrogen-bond acceptors (Lipinski definition) is 6. The van der Waals surface area contributed by atoms with Crippen molar-refractivity contribution < 1.29 is 18.5 Å². The third kappa shape index (κ3) is 3.17. The van der Waals surface area contributed by atoms with E-state index >= 15 is 0 Å². The van der Waals surface area contributed by atoms with Gasteiger partial charge in [0.2, 0.25) is 5.78 Å². The Morgan fingerprint density at radius 1 is 1.23 bits per heavy atom. The summed E-state index contributed by atoms with van der Waals surface area (Å²) in [5, 5.41) is 0.710. The van der Waals surface area contributed by atoms with Crippen LogP contribution < -0.4 is 0 Å². The van der Waals surface area contributed by atoms with E-state index in [4.69, 9.17) is 4.74 Å². The summed E-state index contributed by atoms with van der Waals surface area (Å²) in [6, 6.07) is 7.26. The summed E-state index contributed by atoms with van der Waals surface area (Å²) in [6.07, 6.45) is 1.62. The SMILES string of the molecule is C=C1OC(C)(C)C(=O)C(c2nc(-c3ccc(S(C)=O)cc3)sc2C)C1=O. The summed E-state index contributed by atoms with van der Waals surface area (Å²) in [7, 11) is -1.05. The Balaban J connectivity index is 2.02. The Morgan fingerprint density at radius 3 is 2.42 bits per heavy atom. The second kappa shape index (κ2) is 6.55. The molecule has 0 N–H and O–H groups in total. The van der Waals surface area contributed by atoms with Gasteiger partial charge in [0, 0.05) is 32.4 Å². The Bertz CT molecular complexity index is 941. The topological polar surface area (TPSA) is 73.3 Å². The lowest BCUT2D eigenvalue weighted by atomic mass is 9.82. The van der Waals surface area contributed by atoms with Crippen LogP contribution in [0.2, 0.25) is 0 Å². The lowest BCUT2D eigenvalue weighted by molar-refractivity contribution is -0.150. The minimum atomic E-state index is -1.11. The minimum Gasteiger partial charge on any atom is -0.477 e. The lowest BCUT2D eigenvalue weighted by Gasteiger charge is -2.34. The molecule has 136 valence electrons. The molecule has 5 nitrogen and oxygen atoms in total. The number of ether oxygens (including phenoxy) is 1. The standard InChI is InChI=1S/C19H19NO4S2/c1-10-16(21)14(17(22)19(3,4)24-10)15-11(2)25-18(20-15)12-6-8-13(9-7-12)26(5)23/h6-9,14H,1H2,2-5H3. The highest BCUT2D eigenvalue weighted by Gasteiger charge is 2.48. The minimum absolute atomic E-state index is 0.0108. The average molecular weight is 389 g/mol. The van der Waals surface area contributed by atoms with Crippen molar-refractivity contribution in [1.29, 1.82) is 0 Å². The van der Waals surface area contributed by atoms with E-state index < -0.39 is 28.1 Å². The fourth-order valence-corrected chi connectivity index (χ4v) is 4.35. The molecule has 2 unspecified atom stereocenters. The quantitative estimate of drug-likeness (QED) is 0.594. The molecule has 2 aromatic rings. The number of ketones is 2. The average Bonchev–Trinajstić information content (AvgIpc) is 2.95. The fraction of sp³-hybridized carbons (Fsp3) is 0.316. The van der Waals surface area contributed by atoms with Crippen LogP contribution in [-0.4, -0.2) is 32.6 Å². The van der Waals surface area contributed by atoms with Crippen molar-refractivity contribution >= 4 is 33.7 Å². The van der Waals surface area contributed by atoms with E-state index in [1.165, 1.54) is 11.3 Å². The zero-order valence-corrected chi connectivity index (χ0v) is 16.6. The van der Waals surface area contributed by atoms with Crippen molar-refractivity contribution in [2.24, 2.45) is 0 Å². The molecular weight excluding hydrogens is 370 g/mol. The van der Waals surface area contributed by atoms with Crippen LogP contribution in [0.3, 0.4) is 0 Å². The number of nitrogens with zero attached hydrogens (tertiary/aromatic N) is 1. The van der Waals surface area contributed by atoms with Crippen LogP contribution in [0.1, 0.15) is 30.3 Å². The van der Waals surface area contributed by atoms with Gasteiger partial charge in [0.15, 0.2) is 17.1 Å². The van der Waals surface area contributed by atoms with Crippen LogP contribution in [0.25, 0.3) is 10.6 Å². The first-order valence-corrected chi connectivity index (χ1v) is 10.4. The highest BCUT2D eigenvalue weighted by molar-refractivity contribution is 7.84. The summed E-state index contributed by atoms with van der Waals surface area (Å²) in [5.74, 6) is -1.75. The molecule has 0 bridgehead atoms. The van der Waals surface area contributed by atoms with Crippen molar-refractivity contribution in [1.82, 2.24) is 4.98 Å². The molecule has 1 aromatic heterocycles. The molecule has 7 heteroatoms. The van der Waals surface area contributed by atoms with Gasteiger partial charge in [-0.05, 0) is 32.9 Å². The number of aryl methyl sites for hydroxylation is 1. The molecule has 0 spiro atoms. The predicted molar refractivity (Wildman–Crippen MR) is 102 cm³/mol. The lowest BCUT2D eigenvalue weighted by Crippen LogP contribution is -2.47. The summed E-state index contributed by atoms with van der Waals surface area (Å²) in [4.78, 5) is 31.4. The van der Waals surface area contributed by atoms with Gasteiger partial charge in [0.25, 0.3) is 0 Å². The van der Waals surface area contributed by atoms with Crippen LogP contribution in [-0.2, 0) is 25.1 Å². The number of Topliss-reactive ketones (excluding diaryl/α,β-unsaturated/α-hetero) is 2. The van der Waals surface area contributed by atoms with Gasteiger partial charge in [0.1, 0.15) is 10.9 Å². The predicted octanol–water partition coefficient (Wildman–Crippen LogP) is 3.40. The maximum Gasteiger partial charge on any atom is 0.213 e. The van der Waals surface area contributed by atoms with Crippen molar-refractivity contribution in [3.05, 3.63) is 47.2 Å². The Hall–Kier alpha value is -2.12. The zero-order valence-electron chi connectivity index (χ0n) is 15.0. The third-order valence-corrected chi connectivity index (χ3v) is 6.28. The largest absolute Gasteiger partial charge is 0.477 e. The molecule has 3 rings (SSSR count). The second-order valence-electron chi connectivity index (χ2n) is 6.64. The zero-order chi connectivity index (χ0) is 19.2. The molecule has 1 aliphatic rings. The number of hydrogen-bond donors (Lipinski definition) is 0. The van der Waals surface area contributed by atoms with Gasteiger partial charge < -0.3 is 4.74 Å². The number of benzene rings is 1. The monoisotopic (exact) mass is 389 g/mol. The molecular formula is C19H19NO4S2. The van der Waals surface area contributed by atoms with Gasteiger partial charge in [-0.1, -0.05) is 18.7 Å². The first-order chi connectivity index (χ1) is 12.1. The number of aromatic nitrogens is 1. The smallest absolute Gasteiger partial charge is 0.213 e. The molecule has 0 aliphatic carbocycles. The maximum atomic E-state index is 12.8. The summed E-state index contributed by atoms with van der Waals surface area (Å²) < 4.78 is 16.9. The molecule has 2 heterocycles. The summed E-state index contributed by atoms with van der Waals surface area (Å²) >= 11 is 1.42. The number of carbonyl (C=O) groups excluding carboxylic acids is 2. The van der Waals surface area contributed by atoms with Gasteiger partial charge in [-0.15, -0.1) is 11.3 Å². The van der Waals surface area contributed by atoms with Gasteiger partial charge in [-0.2, -0.15) is 0 Å². The van der Waals surface area contributed by atoms with E-state index in [2.05, 4.69) is 11.6 Å². The van der Waals surface area contributed by atoms with Crippen molar-refractivity contribution in [2.45, 2.75) is 37.2 Å². The van der Waals surface area contributed by atoms with Crippen molar-refractivity contribution in [3.63, 3.8) is 0 Å². The van der Waals surface area contributed by atoms with Gasteiger partial charge in [-0.25, -0.2) is 4.98 Å². The van der Waals surface area contributed by atoms with Gasteiger partial charge >= 0.3 is 0 Å². The van der Waals surface area contributed by atoms with Crippen molar-refractivity contribution in [2.75, 3.05) is 6.26 Å². The normalized spacial score (nSPS) is 20.8. The van der Waals surface area contributed by atoms with Crippen LogP contribution in [0.4, 0.5) is 0 Å². The third-order valence-electron chi connectivity index (χ3n) is 4.31. The van der Waals surface area contributed by atoms with E-state index in [-0.39, 0.29) is 11.5 Å². The Kier molecular flexibility index (Phi) is 4.71. The van der Waals surface area contributed by atoms with Crippen LogP contribution in [0.5, 0.6) is 0 Å². The second-order valence-corrected chi connectivity index (χ2v) is 9.22. The van der Waals surface area contributed by atoms with E-state index in [1.54, 1.807) is 32.2 Å². The molecule has 0 amide bonds. The molecule has 2 atom stereocenters.